The van der Waals surface area contributed by atoms with Gasteiger partial charge in [-0.15, -0.1) is 0 Å². The lowest BCUT2D eigenvalue weighted by atomic mass is 9.99. The van der Waals surface area contributed by atoms with Crippen molar-refractivity contribution in [3.63, 3.8) is 0 Å². The number of ketones is 1. The fourth-order valence-corrected chi connectivity index (χ4v) is 1.19. The Bertz CT molecular complexity index is 197. The van der Waals surface area contributed by atoms with Crippen molar-refractivity contribution in [3.8, 4) is 0 Å². The summed E-state index contributed by atoms with van der Waals surface area (Å²) in [5.74, 6) is -0.175. The highest BCUT2D eigenvalue weighted by Gasteiger charge is 2.19. The van der Waals surface area contributed by atoms with E-state index in [4.69, 9.17) is 4.74 Å². The van der Waals surface area contributed by atoms with E-state index in [1.54, 1.807) is 6.92 Å². The lowest BCUT2D eigenvalue weighted by Gasteiger charge is -2.15. The number of esters is 1. The summed E-state index contributed by atoms with van der Waals surface area (Å²) < 4.78 is 5.09. The molecule has 0 N–H and O–H groups in total. The first kappa shape index (κ1) is 13.1. The average Bonchev–Trinajstić information content (AvgIpc) is 2.03. The maximum absolute atomic E-state index is 11.5. The number of Topliss-reactive ketones (excluding diaryl/α,β-unsaturated/α-hetero) is 1. The van der Waals surface area contributed by atoms with E-state index in [2.05, 4.69) is 0 Å². The normalized spacial score (nSPS) is 12.6. The van der Waals surface area contributed by atoms with Crippen molar-refractivity contribution in [2.24, 2.45) is 5.92 Å². The van der Waals surface area contributed by atoms with Gasteiger partial charge >= 0.3 is 5.97 Å². The number of hydrogen-bond acceptors (Lipinski definition) is 3. The third-order valence-corrected chi connectivity index (χ3v) is 2.02. The molecule has 0 radical (unpaired) electrons. The van der Waals surface area contributed by atoms with Crippen LogP contribution >= 0.6 is 0 Å². The van der Waals surface area contributed by atoms with E-state index in [9.17, 15) is 9.59 Å². The van der Waals surface area contributed by atoms with E-state index in [1.807, 2.05) is 20.8 Å². The SMILES string of the molecule is CC[C@@H](CCC(C)=O)C(=O)OC(C)C. The zero-order chi connectivity index (χ0) is 11.1. The third kappa shape index (κ3) is 5.73. The molecule has 0 saturated heterocycles. The molecule has 14 heavy (non-hydrogen) atoms. The van der Waals surface area contributed by atoms with E-state index in [0.29, 0.717) is 12.8 Å². The van der Waals surface area contributed by atoms with Crippen LogP contribution in [0.25, 0.3) is 0 Å². The van der Waals surface area contributed by atoms with Gasteiger partial charge in [-0.05, 0) is 33.6 Å². The fraction of sp³-hybridized carbons (Fsp3) is 0.818. The lowest BCUT2D eigenvalue weighted by Crippen LogP contribution is -2.21. The second kappa shape index (κ2) is 6.57. The molecule has 1 atom stereocenters. The Hall–Kier alpha value is -0.860. The van der Waals surface area contributed by atoms with Crippen molar-refractivity contribution in [1.29, 1.82) is 0 Å². The van der Waals surface area contributed by atoms with E-state index in [1.165, 1.54) is 0 Å². The van der Waals surface area contributed by atoms with Crippen molar-refractivity contribution < 1.29 is 14.3 Å². The second-order valence-electron chi connectivity index (χ2n) is 3.83. The Labute approximate surface area is 85.8 Å². The summed E-state index contributed by atoms with van der Waals surface area (Å²) in [4.78, 5) is 22.2. The van der Waals surface area contributed by atoms with Gasteiger partial charge in [-0.3, -0.25) is 4.79 Å². The van der Waals surface area contributed by atoms with Crippen molar-refractivity contribution in [2.75, 3.05) is 0 Å². The molecule has 0 saturated carbocycles. The quantitative estimate of drug-likeness (QED) is 0.618. The van der Waals surface area contributed by atoms with Gasteiger partial charge in [0.1, 0.15) is 5.78 Å². The van der Waals surface area contributed by atoms with Crippen LogP contribution in [0.3, 0.4) is 0 Å². The van der Waals surface area contributed by atoms with Crippen molar-refractivity contribution in [1.82, 2.24) is 0 Å². The monoisotopic (exact) mass is 200 g/mol. The Balaban J connectivity index is 3.99. The maximum atomic E-state index is 11.5. The minimum atomic E-state index is -0.177. The summed E-state index contributed by atoms with van der Waals surface area (Å²) in [5.41, 5.74) is 0. The summed E-state index contributed by atoms with van der Waals surface area (Å²) in [6.45, 7) is 7.14. The fourth-order valence-electron chi connectivity index (χ4n) is 1.19. The largest absolute Gasteiger partial charge is 0.463 e. The molecule has 0 aliphatic heterocycles. The number of hydrogen-bond donors (Lipinski definition) is 0. The molecule has 0 rings (SSSR count). The van der Waals surface area contributed by atoms with E-state index in [-0.39, 0.29) is 23.8 Å². The van der Waals surface area contributed by atoms with Gasteiger partial charge in [0.2, 0.25) is 0 Å². The van der Waals surface area contributed by atoms with Crippen LogP contribution in [0.2, 0.25) is 0 Å². The number of rotatable bonds is 6. The Morgan fingerprint density at radius 1 is 1.29 bits per heavy atom. The van der Waals surface area contributed by atoms with Gasteiger partial charge in [0.15, 0.2) is 0 Å². The highest BCUT2D eigenvalue weighted by Crippen LogP contribution is 2.14. The first-order valence-electron chi connectivity index (χ1n) is 5.17. The van der Waals surface area contributed by atoms with Gasteiger partial charge in [0.25, 0.3) is 0 Å². The molecule has 0 heterocycles. The Morgan fingerprint density at radius 2 is 1.86 bits per heavy atom. The molecule has 0 aromatic heterocycles. The van der Waals surface area contributed by atoms with Crippen molar-refractivity contribution >= 4 is 11.8 Å². The first-order chi connectivity index (χ1) is 6.47. The Kier molecular flexibility index (Phi) is 6.17. The molecule has 0 aliphatic rings. The van der Waals surface area contributed by atoms with Crippen LogP contribution in [0.5, 0.6) is 0 Å². The van der Waals surface area contributed by atoms with E-state index in [0.717, 1.165) is 6.42 Å². The molecule has 0 aromatic carbocycles. The molecule has 3 nitrogen and oxygen atoms in total. The summed E-state index contributed by atoms with van der Waals surface area (Å²) >= 11 is 0. The molecule has 0 amide bonds. The number of ether oxygens (including phenoxy) is 1. The standard InChI is InChI=1S/C11H20O3/c1-5-10(7-6-9(4)12)11(13)14-8(2)3/h8,10H,5-7H2,1-4H3/t10-/m0/s1. The minimum Gasteiger partial charge on any atom is -0.463 e. The second-order valence-corrected chi connectivity index (χ2v) is 3.83. The molecule has 3 heteroatoms. The van der Waals surface area contributed by atoms with Crippen LogP contribution in [-0.2, 0) is 14.3 Å². The average molecular weight is 200 g/mol. The smallest absolute Gasteiger partial charge is 0.309 e. The topological polar surface area (TPSA) is 43.4 Å². The van der Waals surface area contributed by atoms with Gasteiger partial charge in [-0.1, -0.05) is 6.92 Å². The molecule has 0 aliphatic carbocycles. The van der Waals surface area contributed by atoms with E-state index < -0.39 is 0 Å². The van der Waals surface area contributed by atoms with Crippen LogP contribution < -0.4 is 0 Å². The van der Waals surface area contributed by atoms with Gasteiger partial charge in [-0.25, -0.2) is 0 Å². The van der Waals surface area contributed by atoms with Gasteiger partial charge < -0.3 is 9.53 Å². The van der Waals surface area contributed by atoms with Gasteiger partial charge in [0.05, 0.1) is 12.0 Å². The van der Waals surface area contributed by atoms with Crippen LogP contribution in [0, 0.1) is 5.92 Å². The molecule has 0 spiro atoms. The number of carbonyl (C=O) groups excluding carboxylic acids is 2. The summed E-state index contributed by atoms with van der Waals surface area (Å²) in [5, 5.41) is 0. The maximum Gasteiger partial charge on any atom is 0.309 e. The Morgan fingerprint density at radius 3 is 2.21 bits per heavy atom. The van der Waals surface area contributed by atoms with Crippen molar-refractivity contribution in [2.45, 2.75) is 53.1 Å². The number of carbonyl (C=O) groups is 2. The van der Waals surface area contributed by atoms with Crippen LogP contribution in [0.4, 0.5) is 0 Å². The lowest BCUT2D eigenvalue weighted by molar-refractivity contribution is -0.152. The molecule has 0 unspecified atom stereocenters. The van der Waals surface area contributed by atoms with Crippen LogP contribution in [-0.4, -0.2) is 17.9 Å². The molecule has 0 fully saturated rings. The van der Waals surface area contributed by atoms with Crippen LogP contribution in [0.15, 0.2) is 0 Å². The van der Waals surface area contributed by atoms with Gasteiger partial charge in [-0.2, -0.15) is 0 Å². The molecular weight excluding hydrogens is 180 g/mol. The molecule has 82 valence electrons. The van der Waals surface area contributed by atoms with E-state index >= 15 is 0 Å². The summed E-state index contributed by atoms with van der Waals surface area (Å²) in [6.07, 6.45) is 1.73. The van der Waals surface area contributed by atoms with Crippen LogP contribution in [0.1, 0.15) is 47.0 Å². The minimum absolute atomic E-state index is 0.0751. The predicted molar refractivity (Wildman–Crippen MR) is 54.9 cm³/mol. The van der Waals surface area contributed by atoms with Gasteiger partial charge in [0, 0.05) is 6.42 Å². The summed E-state index contributed by atoms with van der Waals surface area (Å²) in [7, 11) is 0. The highest BCUT2D eigenvalue weighted by atomic mass is 16.5. The van der Waals surface area contributed by atoms with Crippen molar-refractivity contribution in [3.05, 3.63) is 0 Å². The zero-order valence-corrected chi connectivity index (χ0v) is 9.50. The zero-order valence-electron chi connectivity index (χ0n) is 9.50. The molecular formula is C11H20O3. The first-order valence-corrected chi connectivity index (χ1v) is 5.17. The summed E-state index contributed by atoms with van der Waals surface area (Å²) in [6, 6.07) is 0. The third-order valence-electron chi connectivity index (χ3n) is 2.02. The highest BCUT2D eigenvalue weighted by molar-refractivity contribution is 5.77. The molecule has 0 bridgehead atoms. The predicted octanol–water partition coefficient (Wildman–Crippen LogP) is 2.33. The molecule has 0 aromatic rings.